The minimum absolute atomic E-state index is 0.290. The normalized spacial score (nSPS) is 10.8. The zero-order chi connectivity index (χ0) is 21.7. The number of carbonyl (C=O) groups is 2. The van der Waals surface area contributed by atoms with Crippen molar-refractivity contribution >= 4 is 72.5 Å². The zero-order valence-corrected chi connectivity index (χ0v) is 20.9. The smallest absolute Gasteiger partial charge is 0.344 e. The van der Waals surface area contributed by atoms with Gasteiger partial charge in [-0.1, -0.05) is 28.1 Å². The van der Waals surface area contributed by atoms with Crippen molar-refractivity contribution in [1.29, 1.82) is 0 Å². The molecule has 30 heavy (non-hydrogen) atoms. The Kier molecular flexibility index (Phi) is 7.73. The molecule has 2 aromatic carbocycles. The standard InChI is InChI=1S/C21H14Br2IN3O3/c1-12-6-7-13(10-25-12)20(28)27-26-11-14-8-15(22)9-17(23)19(14)30-21(29)16-4-2-3-5-18(16)24/h2-11H,1H3,(H,27,28). The van der Waals surface area contributed by atoms with Crippen LogP contribution in [0.1, 0.15) is 32.0 Å². The monoisotopic (exact) mass is 641 g/mol. The summed E-state index contributed by atoms with van der Waals surface area (Å²) in [7, 11) is 0. The van der Waals surface area contributed by atoms with Crippen molar-refractivity contribution in [3.8, 4) is 5.75 Å². The predicted octanol–water partition coefficient (Wildman–Crippen LogP) is 5.50. The molecule has 0 aliphatic rings. The van der Waals surface area contributed by atoms with Crippen LogP contribution in [0.3, 0.4) is 0 Å². The summed E-state index contributed by atoms with van der Waals surface area (Å²) in [4.78, 5) is 28.9. The number of amides is 1. The summed E-state index contributed by atoms with van der Waals surface area (Å²) in [5.74, 6) is -0.601. The first-order valence-electron chi connectivity index (χ1n) is 8.57. The summed E-state index contributed by atoms with van der Waals surface area (Å²) in [5, 5.41) is 3.99. The molecule has 152 valence electrons. The fraction of sp³-hybridized carbons (Fsp3) is 0.0476. The number of nitrogens with one attached hydrogen (secondary N) is 1. The van der Waals surface area contributed by atoms with E-state index >= 15 is 0 Å². The van der Waals surface area contributed by atoms with E-state index < -0.39 is 11.9 Å². The van der Waals surface area contributed by atoms with E-state index in [0.717, 1.165) is 13.7 Å². The number of rotatable bonds is 5. The molecule has 1 N–H and O–H groups in total. The van der Waals surface area contributed by atoms with Crippen LogP contribution in [0.2, 0.25) is 0 Å². The van der Waals surface area contributed by atoms with Crippen molar-refractivity contribution in [2.24, 2.45) is 5.10 Å². The fourth-order valence-electron chi connectivity index (χ4n) is 2.39. The average Bonchev–Trinajstić information content (AvgIpc) is 2.71. The van der Waals surface area contributed by atoms with Gasteiger partial charge in [0, 0.05) is 25.5 Å². The number of esters is 1. The summed E-state index contributed by atoms with van der Waals surface area (Å²) in [6, 6.07) is 14.0. The number of hydrogen-bond acceptors (Lipinski definition) is 5. The third kappa shape index (κ3) is 5.73. The minimum atomic E-state index is -0.493. The molecule has 3 rings (SSSR count). The highest BCUT2D eigenvalue weighted by molar-refractivity contribution is 14.1. The highest BCUT2D eigenvalue weighted by Crippen LogP contribution is 2.33. The Balaban J connectivity index is 1.81. The van der Waals surface area contributed by atoms with Crippen LogP contribution in [0, 0.1) is 10.5 Å². The van der Waals surface area contributed by atoms with Crippen LogP contribution < -0.4 is 10.2 Å². The van der Waals surface area contributed by atoms with Crippen LogP contribution in [0.15, 0.2) is 68.8 Å². The van der Waals surface area contributed by atoms with Gasteiger partial charge >= 0.3 is 5.97 Å². The first-order chi connectivity index (χ1) is 14.3. The second-order valence-corrected chi connectivity index (χ2v) is 8.99. The Morgan fingerprint density at radius 2 is 1.93 bits per heavy atom. The number of carbonyl (C=O) groups excluding carboxylic acids is 2. The third-order valence-electron chi connectivity index (χ3n) is 3.87. The molecule has 1 aromatic heterocycles. The van der Waals surface area contributed by atoms with Crippen LogP contribution in [0.4, 0.5) is 0 Å². The molecule has 6 nitrogen and oxygen atoms in total. The molecule has 1 amide bonds. The molecule has 9 heteroatoms. The number of pyridine rings is 1. The maximum atomic E-state index is 12.6. The van der Waals surface area contributed by atoms with E-state index in [2.05, 4.69) is 70.0 Å². The Labute approximate surface area is 203 Å². The van der Waals surface area contributed by atoms with Crippen molar-refractivity contribution < 1.29 is 14.3 Å². The van der Waals surface area contributed by atoms with Crippen molar-refractivity contribution in [2.75, 3.05) is 0 Å². The van der Waals surface area contributed by atoms with E-state index in [0.29, 0.717) is 21.2 Å². The molecular formula is C21H14Br2IN3O3. The number of nitrogens with zero attached hydrogens (tertiary/aromatic N) is 2. The highest BCUT2D eigenvalue weighted by Gasteiger charge is 2.17. The molecule has 0 saturated heterocycles. The minimum Gasteiger partial charge on any atom is -0.421 e. The van der Waals surface area contributed by atoms with Crippen molar-refractivity contribution in [1.82, 2.24) is 10.4 Å². The van der Waals surface area contributed by atoms with Gasteiger partial charge in [-0.25, -0.2) is 10.2 Å². The van der Waals surface area contributed by atoms with E-state index in [4.69, 9.17) is 4.74 Å². The lowest BCUT2D eigenvalue weighted by Gasteiger charge is -2.11. The number of benzene rings is 2. The van der Waals surface area contributed by atoms with Crippen LogP contribution in [-0.4, -0.2) is 23.1 Å². The van der Waals surface area contributed by atoms with Gasteiger partial charge in [0.2, 0.25) is 0 Å². The third-order valence-corrected chi connectivity index (χ3v) is 5.86. The van der Waals surface area contributed by atoms with Gasteiger partial charge in [-0.15, -0.1) is 0 Å². The molecule has 0 unspecified atom stereocenters. The summed E-state index contributed by atoms with van der Waals surface area (Å²) < 4.78 is 7.72. The summed E-state index contributed by atoms with van der Waals surface area (Å²) in [5.41, 5.74) is 4.60. The molecule has 0 fully saturated rings. The van der Waals surface area contributed by atoms with Crippen LogP contribution in [0.5, 0.6) is 5.75 Å². The number of hydrogen-bond donors (Lipinski definition) is 1. The summed E-state index contributed by atoms with van der Waals surface area (Å²) in [6.07, 6.45) is 2.89. The van der Waals surface area contributed by atoms with Gasteiger partial charge in [0.05, 0.1) is 21.8 Å². The van der Waals surface area contributed by atoms with Gasteiger partial charge < -0.3 is 4.74 Å². The second kappa shape index (κ2) is 10.3. The topological polar surface area (TPSA) is 80.6 Å². The number of hydrazone groups is 1. The molecule has 3 aromatic rings. The summed E-state index contributed by atoms with van der Waals surface area (Å²) in [6.45, 7) is 1.84. The van der Waals surface area contributed by atoms with Gasteiger partial charge in [0.1, 0.15) is 0 Å². The first kappa shape index (κ1) is 22.6. The Morgan fingerprint density at radius 3 is 2.63 bits per heavy atom. The van der Waals surface area contributed by atoms with Gasteiger partial charge in [-0.3, -0.25) is 9.78 Å². The molecule has 0 aliphatic heterocycles. The van der Waals surface area contributed by atoms with Crippen LogP contribution >= 0.6 is 54.5 Å². The first-order valence-corrected chi connectivity index (χ1v) is 11.2. The van der Waals surface area contributed by atoms with Gasteiger partial charge in [0.25, 0.3) is 5.91 Å². The zero-order valence-electron chi connectivity index (χ0n) is 15.5. The van der Waals surface area contributed by atoms with E-state index in [-0.39, 0.29) is 5.75 Å². The Morgan fingerprint density at radius 1 is 1.17 bits per heavy atom. The van der Waals surface area contributed by atoms with Crippen molar-refractivity contribution in [2.45, 2.75) is 6.92 Å². The number of ether oxygens (including phenoxy) is 1. The molecule has 0 radical (unpaired) electrons. The van der Waals surface area contributed by atoms with E-state index in [9.17, 15) is 9.59 Å². The molecule has 0 aliphatic carbocycles. The molecule has 0 atom stereocenters. The molecule has 0 spiro atoms. The maximum absolute atomic E-state index is 12.6. The van der Waals surface area contributed by atoms with Crippen LogP contribution in [0.25, 0.3) is 0 Å². The fourth-order valence-corrected chi connectivity index (χ4v) is 4.33. The molecular weight excluding hydrogens is 629 g/mol. The average molecular weight is 643 g/mol. The van der Waals surface area contributed by atoms with Crippen molar-refractivity contribution in [3.63, 3.8) is 0 Å². The van der Waals surface area contributed by atoms with Crippen LogP contribution in [-0.2, 0) is 0 Å². The predicted molar refractivity (Wildman–Crippen MR) is 130 cm³/mol. The van der Waals surface area contributed by atoms with Crippen molar-refractivity contribution in [3.05, 3.63) is 89.6 Å². The highest BCUT2D eigenvalue weighted by atomic mass is 127. The molecule has 1 heterocycles. The Hall–Kier alpha value is -2.11. The number of halogens is 3. The van der Waals surface area contributed by atoms with Gasteiger partial charge in [-0.05, 0) is 81.8 Å². The lowest BCUT2D eigenvalue weighted by molar-refractivity contribution is 0.0731. The van der Waals surface area contributed by atoms with E-state index in [1.54, 1.807) is 36.4 Å². The second-order valence-electron chi connectivity index (χ2n) is 6.06. The molecule has 0 bridgehead atoms. The quantitative estimate of drug-likeness (QED) is 0.131. The SMILES string of the molecule is Cc1ccc(C(=O)NN=Cc2cc(Br)cc(Br)c2OC(=O)c2ccccc2I)cn1. The lowest BCUT2D eigenvalue weighted by Crippen LogP contribution is -2.18. The lowest BCUT2D eigenvalue weighted by atomic mass is 10.2. The van der Waals surface area contributed by atoms with E-state index in [1.807, 2.05) is 19.1 Å². The largest absolute Gasteiger partial charge is 0.421 e. The number of aromatic nitrogens is 1. The van der Waals surface area contributed by atoms with E-state index in [1.165, 1.54) is 12.4 Å². The Bertz CT molecular complexity index is 1130. The molecule has 0 saturated carbocycles. The summed E-state index contributed by atoms with van der Waals surface area (Å²) >= 11 is 8.90. The maximum Gasteiger partial charge on any atom is 0.344 e. The number of aryl methyl sites for hydroxylation is 1. The van der Waals surface area contributed by atoms with Gasteiger partial charge in [-0.2, -0.15) is 5.10 Å². The van der Waals surface area contributed by atoms with Gasteiger partial charge in [0.15, 0.2) is 5.75 Å².